The number of hydrogen-bond acceptors (Lipinski definition) is 3. The van der Waals surface area contributed by atoms with E-state index in [0.717, 1.165) is 44.7 Å². The van der Waals surface area contributed by atoms with Crippen LogP contribution in [-0.2, 0) is 0 Å². The van der Waals surface area contributed by atoms with Crippen molar-refractivity contribution in [3.63, 3.8) is 0 Å². The lowest BCUT2D eigenvalue weighted by atomic mass is 9.85. The molecule has 270 valence electrons. The van der Waals surface area contributed by atoms with Crippen molar-refractivity contribution in [3.8, 4) is 67.0 Å². The first-order chi connectivity index (χ1) is 28.8. The average Bonchev–Trinajstić information content (AvgIpc) is 3.30. The molecule has 11 rings (SSSR count). The summed E-state index contributed by atoms with van der Waals surface area (Å²) in [5.41, 5.74) is 15.2. The van der Waals surface area contributed by atoms with Gasteiger partial charge in [0.1, 0.15) is 0 Å². The van der Waals surface area contributed by atoms with Gasteiger partial charge in [-0.15, -0.1) is 0 Å². The molecule has 2 aromatic heterocycles. The summed E-state index contributed by atoms with van der Waals surface area (Å²) in [7, 11) is 0. The Balaban J connectivity index is 1.02. The Morgan fingerprint density at radius 2 is 0.655 bits per heavy atom. The van der Waals surface area contributed by atoms with Crippen molar-refractivity contribution < 1.29 is 0 Å². The van der Waals surface area contributed by atoms with Crippen LogP contribution in [-0.4, -0.2) is 15.0 Å². The van der Waals surface area contributed by atoms with Crippen LogP contribution in [0.4, 0.5) is 0 Å². The molecule has 0 unspecified atom stereocenters. The monoisotopic (exact) mass is 737 g/mol. The third kappa shape index (κ3) is 5.72. The largest absolute Gasteiger partial charge is 0.264 e. The fourth-order valence-electron chi connectivity index (χ4n) is 8.70. The summed E-state index contributed by atoms with van der Waals surface area (Å²) < 4.78 is 0. The van der Waals surface area contributed by atoms with E-state index in [0.29, 0.717) is 0 Å². The second kappa shape index (κ2) is 14.1. The summed E-state index contributed by atoms with van der Waals surface area (Å²) in [5, 5.41) is 7.35. The maximum Gasteiger partial charge on any atom is 0.0973 e. The maximum atomic E-state index is 5.16. The molecule has 0 spiro atoms. The summed E-state index contributed by atoms with van der Waals surface area (Å²) in [5.74, 6) is 0. The number of nitrogens with zero attached hydrogens (tertiary/aromatic N) is 3. The molecule has 0 bridgehead atoms. The van der Waals surface area contributed by atoms with Crippen molar-refractivity contribution in [2.75, 3.05) is 0 Å². The van der Waals surface area contributed by atoms with Gasteiger partial charge in [-0.1, -0.05) is 182 Å². The molecular formula is C55H35N3. The van der Waals surface area contributed by atoms with Crippen LogP contribution in [0.2, 0.25) is 0 Å². The zero-order chi connectivity index (χ0) is 38.4. The fourth-order valence-corrected chi connectivity index (χ4v) is 8.70. The highest BCUT2D eigenvalue weighted by molar-refractivity contribution is 6.21. The summed E-state index contributed by atoms with van der Waals surface area (Å²) in [6.45, 7) is 0. The van der Waals surface area contributed by atoms with E-state index < -0.39 is 0 Å². The smallest absolute Gasteiger partial charge is 0.0973 e. The van der Waals surface area contributed by atoms with Crippen molar-refractivity contribution in [1.29, 1.82) is 0 Å². The molecule has 0 fully saturated rings. The topological polar surface area (TPSA) is 38.7 Å². The Morgan fingerprint density at radius 1 is 0.259 bits per heavy atom. The molecule has 0 radical (unpaired) electrons. The summed E-state index contributed by atoms with van der Waals surface area (Å²) in [4.78, 5) is 14.7. The first-order valence-corrected chi connectivity index (χ1v) is 19.7. The number of aromatic nitrogens is 3. The number of benzene rings is 9. The van der Waals surface area contributed by atoms with Crippen LogP contribution in [0.5, 0.6) is 0 Å². The second-order valence-corrected chi connectivity index (χ2v) is 14.7. The number of rotatable bonds is 6. The first kappa shape index (κ1) is 33.6. The van der Waals surface area contributed by atoms with Crippen molar-refractivity contribution in [3.05, 3.63) is 213 Å². The van der Waals surface area contributed by atoms with Gasteiger partial charge in [0.05, 0.1) is 22.4 Å². The summed E-state index contributed by atoms with van der Waals surface area (Å²) in [6, 6.07) is 71.4. The molecule has 0 amide bonds. The third-order valence-electron chi connectivity index (χ3n) is 11.4. The van der Waals surface area contributed by atoms with Gasteiger partial charge in [-0.05, 0) is 89.5 Å². The summed E-state index contributed by atoms with van der Waals surface area (Å²) in [6.07, 6.45) is 3.76. The van der Waals surface area contributed by atoms with Gasteiger partial charge in [0.15, 0.2) is 0 Å². The van der Waals surface area contributed by atoms with E-state index in [1.807, 2.05) is 48.8 Å². The minimum Gasteiger partial charge on any atom is -0.264 e. The Labute approximate surface area is 336 Å². The second-order valence-electron chi connectivity index (χ2n) is 14.7. The molecule has 0 atom stereocenters. The van der Waals surface area contributed by atoms with Crippen molar-refractivity contribution >= 4 is 43.4 Å². The lowest BCUT2D eigenvalue weighted by Crippen LogP contribution is -1.95. The van der Waals surface area contributed by atoms with Crippen molar-refractivity contribution in [1.82, 2.24) is 15.0 Å². The molecule has 3 nitrogen and oxygen atoms in total. The van der Waals surface area contributed by atoms with Crippen LogP contribution in [0.15, 0.2) is 213 Å². The van der Waals surface area contributed by atoms with E-state index in [1.54, 1.807) is 0 Å². The van der Waals surface area contributed by atoms with Gasteiger partial charge in [-0.2, -0.15) is 0 Å². The van der Waals surface area contributed by atoms with Gasteiger partial charge in [-0.3, -0.25) is 4.98 Å². The molecule has 0 saturated heterocycles. The number of pyridine rings is 1. The maximum absolute atomic E-state index is 5.16. The van der Waals surface area contributed by atoms with Crippen molar-refractivity contribution in [2.45, 2.75) is 0 Å². The van der Waals surface area contributed by atoms with Crippen LogP contribution >= 0.6 is 0 Å². The SMILES string of the molecule is c1ccc(-c2nc3ccccc3nc2-c2ccc(-c3c4ccccc4c(-c4ccc(-c5cccc6c(-c7cccnc7)cccc56)cc4)c4ccccc34)cc2)cc1. The van der Waals surface area contributed by atoms with Crippen LogP contribution in [0, 0.1) is 0 Å². The molecule has 0 aliphatic rings. The Bertz CT molecular complexity index is 3240. The minimum absolute atomic E-state index is 0.877. The number of hydrogen-bond donors (Lipinski definition) is 0. The van der Waals surface area contributed by atoms with Gasteiger partial charge in [0.25, 0.3) is 0 Å². The highest BCUT2D eigenvalue weighted by Crippen LogP contribution is 2.45. The molecule has 0 aliphatic carbocycles. The highest BCUT2D eigenvalue weighted by atomic mass is 14.8. The van der Waals surface area contributed by atoms with Gasteiger partial charge < -0.3 is 0 Å². The predicted molar refractivity (Wildman–Crippen MR) is 242 cm³/mol. The van der Waals surface area contributed by atoms with E-state index >= 15 is 0 Å². The molecule has 11 aromatic rings. The zero-order valence-corrected chi connectivity index (χ0v) is 31.5. The zero-order valence-electron chi connectivity index (χ0n) is 31.5. The van der Waals surface area contributed by atoms with E-state index in [4.69, 9.17) is 9.97 Å². The van der Waals surface area contributed by atoms with E-state index in [1.165, 1.54) is 65.7 Å². The van der Waals surface area contributed by atoms with Crippen molar-refractivity contribution in [2.24, 2.45) is 0 Å². The molecule has 0 aliphatic heterocycles. The summed E-state index contributed by atoms with van der Waals surface area (Å²) >= 11 is 0. The van der Waals surface area contributed by atoms with E-state index in [9.17, 15) is 0 Å². The molecule has 58 heavy (non-hydrogen) atoms. The number of fused-ring (bicyclic) bond motifs is 4. The molecule has 0 N–H and O–H groups in total. The fraction of sp³-hybridized carbons (Fsp3) is 0. The van der Waals surface area contributed by atoms with Crippen LogP contribution in [0.1, 0.15) is 0 Å². The molecule has 9 aromatic carbocycles. The predicted octanol–water partition coefficient (Wildman–Crippen LogP) is 14.5. The molecule has 3 heteroatoms. The van der Waals surface area contributed by atoms with Gasteiger partial charge >= 0.3 is 0 Å². The van der Waals surface area contributed by atoms with Crippen LogP contribution in [0.25, 0.3) is 110 Å². The highest BCUT2D eigenvalue weighted by Gasteiger charge is 2.19. The van der Waals surface area contributed by atoms with Gasteiger partial charge in [-0.25, -0.2) is 9.97 Å². The number of para-hydroxylation sites is 2. The minimum atomic E-state index is 0.877. The molecule has 0 saturated carbocycles. The Hall–Kier alpha value is -7.75. The Morgan fingerprint density at radius 3 is 1.16 bits per heavy atom. The third-order valence-corrected chi connectivity index (χ3v) is 11.4. The standard InChI is InChI=1S/C55H35N3/c1-2-13-39(14-3-1)54-55(58-51-25-9-8-24-50(51)57-54)40-32-30-38(31-33-40)53-48-18-6-4-16-46(48)52(47-17-5-7-19-49(47)53)37-28-26-36(27-29-37)42-20-10-23-45-43(21-11-22-44(42)45)41-15-12-34-56-35-41/h1-35H. The van der Waals surface area contributed by atoms with E-state index in [-0.39, 0.29) is 0 Å². The normalized spacial score (nSPS) is 11.4. The molecule has 2 heterocycles. The van der Waals surface area contributed by atoms with Crippen LogP contribution < -0.4 is 0 Å². The molecular weight excluding hydrogens is 703 g/mol. The Kier molecular flexibility index (Phi) is 8.15. The first-order valence-electron chi connectivity index (χ1n) is 19.7. The van der Waals surface area contributed by atoms with Gasteiger partial charge in [0.2, 0.25) is 0 Å². The quantitative estimate of drug-likeness (QED) is 0.160. The lowest BCUT2D eigenvalue weighted by Gasteiger charge is -2.18. The van der Waals surface area contributed by atoms with E-state index in [2.05, 4.69) is 169 Å². The average molecular weight is 738 g/mol. The lowest BCUT2D eigenvalue weighted by molar-refractivity contribution is 1.29. The van der Waals surface area contributed by atoms with Gasteiger partial charge in [0, 0.05) is 29.1 Å². The van der Waals surface area contributed by atoms with Crippen LogP contribution in [0.3, 0.4) is 0 Å².